The van der Waals surface area contributed by atoms with E-state index in [0.29, 0.717) is 6.04 Å². The molecule has 0 radical (unpaired) electrons. The van der Waals surface area contributed by atoms with Crippen molar-refractivity contribution in [2.45, 2.75) is 19.9 Å². The zero-order valence-electron chi connectivity index (χ0n) is 9.19. The van der Waals surface area contributed by atoms with Gasteiger partial charge in [-0.3, -0.25) is 0 Å². The molecule has 1 atom stereocenters. The molecule has 80 valence electrons. The minimum Gasteiger partial charge on any atom is -0.361 e. The number of nitrogens with one attached hydrogen (secondary N) is 2. The molecule has 0 aliphatic carbocycles. The summed E-state index contributed by atoms with van der Waals surface area (Å²) in [6.07, 6.45) is 2.03. The topological polar surface area (TPSA) is 27.8 Å². The number of aromatic nitrogens is 1. The van der Waals surface area contributed by atoms with Crippen molar-refractivity contribution in [2.24, 2.45) is 0 Å². The minimum atomic E-state index is 0.304. The second kappa shape index (κ2) is 3.87. The molecular formula is C12H15ClN2. The van der Waals surface area contributed by atoms with Crippen LogP contribution in [0.4, 0.5) is 0 Å². The maximum atomic E-state index is 6.23. The van der Waals surface area contributed by atoms with Gasteiger partial charge in [0.1, 0.15) is 0 Å². The summed E-state index contributed by atoms with van der Waals surface area (Å²) in [6, 6.07) is 4.30. The Morgan fingerprint density at radius 3 is 2.80 bits per heavy atom. The maximum Gasteiger partial charge on any atom is 0.0503 e. The van der Waals surface area contributed by atoms with Crippen molar-refractivity contribution in [2.75, 3.05) is 7.05 Å². The first-order chi connectivity index (χ1) is 7.15. The van der Waals surface area contributed by atoms with E-state index in [-0.39, 0.29) is 0 Å². The molecule has 2 N–H and O–H groups in total. The molecule has 0 fully saturated rings. The molecule has 0 spiro atoms. The Morgan fingerprint density at radius 2 is 2.13 bits per heavy atom. The lowest BCUT2D eigenvalue weighted by Gasteiger charge is -2.09. The highest BCUT2D eigenvalue weighted by molar-refractivity contribution is 6.35. The van der Waals surface area contributed by atoms with Gasteiger partial charge in [0.15, 0.2) is 0 Å². The highest BCUT2D eigenvalue weighted by atomic mass is 35.5. The molecule has 3 heteroatoms. The van der Waals surface area contributed by atoms with Crippen molar-refractivity contribution in [3.8, 4) is 0 Å². The van der Waals surface area contributed by atoms with E-state index in [1.165, 1.54) is 11.1 Å². The zero-order chi connectivity index (χ0) is 11.0. The van der Waals surface area contributed by atoms with Crippen molar-refractivity contribution in [3.05, 3.63) is 34.5 Å². The quantitative estimate of drug-likeness (QED) is 0.801. The Balaban J connectivity index is 2.73. The van der Waals surface area contributed by atoms with Crippen LogP contribution in [0.1, 0.15) is 24.1 Å². The Bertz CT molecular complexity index is 488. The van der Waals surface area contributed by atoms with Gasteiger partial charge in [-0.2, -0.15) is 0 Å². The lowest BCUT2D eigenvalue weighted by molar-refractivity contribution is 0.657. The van der Waals surface area contributed by atoms with E-state index in [0.717, 1.165) is 15.9 Å². The van der Waals surface area contributed by atoms with Gasteiger partial charge < -0.3 is 10.3 Å². The fraction of sp³-hybridized carbons (Fsp3) is 0.333. The number of aromatic amines is 1. The van der Waals surface area contributed by atoms with Crippen LogP contribution in [0, 0.1) is 6.92 Å². The molecule has 0 bridgehead atoms. The standard InChI is InChI=1S/C12H15ClN2/c1-7-4-5-10(13)11-9(8(2)14-3)6-15-12(7)11/h4-6,8,14-15H,1-3H3. The summed E-state index contributed by atoms with van der Waals surface area (Å²) in [7, 11) is 1.95. The van der Waals surface area contributed by atoms with Crippen LogP contribution in [0.25, 0.3) is 10.9 Å². The molecule has 0 aliphatic rings. The number of halogens is 1. The number of H-pyrrole nitrogens is 1. The van der Waals surface area contributed by atoms with Crippen LogP contribution < -0.4 is 5.32 Å². The van der Waals surface area contributed by atoms with Crippen LogP contribution in [0.2, 0.25) is 5.02 Å². The zero-order valence-corrected chi connectivity index (χ0v) is 9.94. The number of hydrogen-bond donors (Lipinski definition) is 2. The summed E-state index contributed by atoms with van der Waals surface area (Å²) >= 11 is 6.23. The van der Waals surface area contributed by atoms with Crippen LogP contribution in [-0.2, 0) is 0 Å². The number of aryl methyl sites for hydroxylation is 1. The lowest BCUT2D eigenvalue weighted by atomic mass is 10.1. The fourth-order valence-electron chi connectivity index (χ4n) is 1.87. The van der Waals surface area contributed by atoms with Crippen LogP contribution >= 0.6 is 11.6 Å². The molecule has 1 heterocycles. The van der Waals surface area contributed by atoms with Gasteiger partial charge in [0.25, 0.3) is 0 Å². The van der Waals surface area contributed by atoms with Gasteiger partial charge in [-0.05, 0) is 38.1 Å². The summed E-state index contributed by atoms with van der Waals surface area (Å²) in [5.74, 6) is 0. The number of fused-ring (bicyclic) bond motifs is 1. The van der Waals surface area contributed by atoms with Crippen LogP contribution in [0.3, 0.4) is 0 Å². The molecule has 2 rings (SSSR count). The van der Waals surface area contributed by atoms with Crippen molar-refractivity contribution in [1.29, 1.82) is 0 Å². The third kappa shape index (κ3) is 1.64. The first-order valence-corrected chi connectivity index (χ1v) is 5.46. The summed E-state index contributed by atoms with van der Waals surface area (Å²) in [5, 5.41) is 5.18. The van der Waals surface area contributed by atoms with Crippen molar-refractivity contribution < 1.29 is 0 Å². The van der Waals surface area contributed by atoms with Gasteiger partial charge in [0.2, 0.25) is 0 Å². The summed E-state index contributed by atoms with van der Waals surface area (Å²) in [6.45, 7) is 4.21. The van der Waals surface area contributed by atoms with E-state index >= 15 is 0 Å². The number of benzene rings is 1. The van der Waals surface area contributed by atoms with Crippen molar-refractivity contribution in [1.82, 2.24) is 10.3 Å². The third-order valence-electron chi connectivity index (χ3n) is 2.92. The molecule has 0 saturated heterocycles. The summed E-state index contributed by atoms with van der Waals surface area (Å²) in [4.78, 5) is 3.29. The minimum absolute atomic E-state index is 0.304. The largest absolute Gasteiger partial charge is 0.361 e. The first-order valence-electron chi connectivity index (χ1n) is 5.08. The molecule has 1 aromatic heterocycles. The van der Waals surface area contributed by atoms with Crippen molar-refractivity contribution >= 4 is 22.5 Å². The predicted octanol–water partition coefficient (Wildman–Crippen LogP) is 3.41. The molecule has 1 aromatic carbocycles. The Labute approximate surface area is 94.6 Å². The molecule has 2 nitrogen and oxygen atoms in total. The van der Waals surface area contributed by atoms with Gasteiger partial charge in [0, 0.05) is 17.6 Å². The average Bonchev–Trinajstić information content (AvgIpc) is 2.68. The first kappa shape index (κ1) is 10.5. The third-order valence-corrected chi connectivity index (χ3v) is 3.24. The number of rotatable bonds is 2. The Morgan fingerprint density at radius 1 is 1.40 bits per heavy atom. The normalized spacial score (nSPS) is 13.3. The predicted molar refractivity (Wildman–Crippen MR) is 65.5 cm³/mol. The molecule has 0 aliphatic heterocycles. The van der Waals surface area contributed by atoms with Gasteiger partial charge in [-0.25, -0.2) is 0 Å². The van der Waals surface area contributed by atoms with Gasteiger partial charge in [0.05, 0.1) is 10.5 Å². The molecule has 0 amide bonds. The molecule has 2 aromatic rings. The van der Waals surface area contributed by atoms with Gasteiger partial charge in [-0.15, -0.1) is 0 Å². The summed E-state index contributed by atoms with van der Waals surface area (Å²) in [5.41, 5.74) is 3.59. The maximum absolute atomic E-state index is 6.23. The Hall–Kier alpha value is -0.990. The second-order valence-electron chi connectivity index (χ2n) is 3.87. The molecular weight excluding hydrogens is 208 g/mol. The Kier molecular flexibility index (Phi) is 2.72. The SMILES string of the molecule is CNC(C)c1c[nH]c2c(C)ccc(Cl)c12. The molecule has 15 heavy (non-hydrogen) atoms. The fourth-order valence-corrected chi connectivity index (χ4v) is 2.14. The lowest BCUT2D eigenvalue weighted by Crippen LogP contribution is -2.11. The van der Waals surface area contributed by atoms with Crippen LogP contribution in [-0.4, -0.2) is 12.0 Å². The molecule has 0 saturated carbocycles. The monoisotopic (exact) mass is 222 g/mol. The van der Waals surface area contributed by atoms with E-state index in [2.05, 4.69) is 24.1 Å². The highest BCUT2D eigenvalue weighted by Crippen LogP contribution is 2.31. The van der Waals surface area contributed by atoms with Crippen LogP contribution in [0.15, 0.2) is 18.3 Å². The van der Waals surface area contributed by atoms with Gasteiger partial charge >= 0.3 is 0 Å². The van der Waals surface area contributed by atoms with E-state index in [4.69, 9.17) is 11.6 Å². The van der Waals surface area contributed by atoms with Crippen molar-refractivity contribution in [3.63, 3.8) is 0 Å². The van der Waals surface area contributed by atoms with E-state index in [1.807, 2.05) is 25.4 Å². The van der Waals surface area contributed by atoms with E-state index in [9.17, 15) is 0 Å². The van der Waals surface area contributed by atoms with Gasteiger partial charge in [-0.1, -0.05) is 17.7 Å². The highest BCUT2D eigenvalue weighted by Gasteiger charge is 2.13. The average molecular weight is 223 g/mol. The second-order valence-corrected chi connectivity index (χ2v) is 4.28. The summed E-state index contributed by atoms with van der Waals surface area (Å²) < 4.78 is 0. The molecule has 1 unspecified atom stereocenters. The number of hydrogen-bond acceptors (Lipinski definition) is 1. The van der Waals surface area contributed by atoms with E-state index < -0.39 is 0 Å². The van der Waals surface area contributed by atoms with E-state index in [1.54, 1.807) is 0 Å². The smallest absolute Gasteiger partial charge is 0.0503 e. The van der Waals surface area contributed by atoms with Crippen LogP contribution in [0.5, 0.6) is 0 Å².